The van der Waals surface area contributed by atoms with Crippen LogP contribution >= 0.6 is 0 Å². The van der Waals surface area contributed by atoms with Gasteiger partial charge < -0.3 is 24.5 Å². The largest absolute Gasteiger partial charge is 0.497 e. The fourth-order valence-electron chi connectivity index (χ4n) is 4.82. The lowest BCUT2D eigenvalue weighted by Gasteiger charge is -2.27. The molecule has 0 unspecified atom stereocenters. The second-order valence-corrected chi connectivity index (χ2v) is 8.09. The minimum atomic E-state index is -0.290. The second kappa shape index (κ2) is 8.64. The van der Waals surface area contributed by atoms with Gasteiger partial charge in [0.15, 0.2) is 0 Å². The molecule has 0 saturated heterocycles. The molecule has 168 valence electrons. The molecule has 2 N–H and O–H groups in total. The highest BCUT2D eigenvalue weighted by atomic mass is 16.5. The highest BCUT2D eigenvalue weighted by Gasteiger charge is 2.40. The van der Waals surface area contributed by atoms with Crippen LogP contribution in [-0.2, 0) is 0 Å². The summed E-state index contributed by atoms with van der Waals surface area (Å²) in [6.45, 7) is 0.486. The topological polar surface area (TPSA) is 74.8 Å². The monoisotopic (exact) mass is 442 g/mol. The second-order valence-electron chi connectivity index (χ2n) is 8.09. The van der Waals surface area contributed by atoms with Gasteiger partial charge in [0, 0.05) is 40.7 Å². The number of nitrogens with zero attached hydrogens (tertiary/aromatic N) is 1. The zero-order chi connectivity index (χ0) is 22.9. The van der Waals surface area contributed by atoms with Gasteiger partial charge in [-0.05, 0) is 42.3 Å². The first-order valence-electron chi connectivity index (χ1n) is 11.0. The standard InChI is InChI=1S/C27H26N2O4/c1-32-17-12-13-23(33-2)21(16-17)25-24(20-10-5-6-11-22(20)28-25)26-18-8-3-4-9-19(18)27(31)29(26)14-7-15-30/h3-6,8-13,16,26,28,30H,7,14-15H2,1-2H3/t26-/m0/s1. The van der Waals surface area contributed by atoms with Crippen molar-refractivity contribution in [3.63, 3.8) is 0 Å². The Morgan fingerprint density at radius 2 is 1.76 bits per heavy atom. The maximum atomic E-state index is 13.4. The number of methoxy groups -OCH3 is 2. The zero-order valence-corrected chi connectivity index (χ0v) is 18.7. The van der Waals surface area contributed by atoms with Crippen LogP contribution < -0.4 is 9.47 Å². The Morgan fingerprint density at radius 1 is 0.970 bits per heavy atom. The van der Waals surface area contributed by atoms with Crippen LogP contribution in [0.4, 0.5) is 0 Å². The number of rotatable bonds is 7. The molecule has 6 heteroatoms. The number of carbonyl (C=O) groups is 1. The molecule has 1 aromatic heterocycles. The first-order valence-corrected chi connectivity index (χ1v) is 11.0. The van der Waals surface area contributed by atoms with Crippen molar-refractivity contribution in [2.45, 2.75) is 12.5 Å². The summed E-state index contributed by atoms with van der Waals surface area (Å²) in [6, 6.07) is 21.3. The van der Waals surface area contributed by atoms with Gasteiger partial charge in [-0.15, -0.1) is 0 Å². The Labute approximate surface area is 192 Å². The number of aromatic nitrogens is 1. The third-order valence-electron chi connectivity index (χ3n) is 6.31. The van der Waals surface area contributed by atoms with Crippen molar-refractivity contribution in [3.8, 4) is 22.8 Å². The van der Waals surface area contributed by atoms with E-state index >= 15 is 0 Å². The molecule has 5 rings (SSSR count). The quantitative estimate of drug-likeness (QED) is 0.432. The zero-order valence-electron chi connectivity index (χ0n) is 18.7. The van der Waals surface area contributed by atoms with E-state index < -0.39 is 0 Å². The Hall–Kier alpha value is -3.77. The summed E-state index contributed by atoms with van der Waals surface area (Å²) in [7, 11) is 3.29. The molecule has 3 aromatic carbocycles. The molecule has 1 aliphatic rings. The maximum Gasteiger partial charge on any atom is 0.255 e. The SMILES string of the molecule is COc1ccc(OC)c(-c2[nH]c3ccccc3c2[C@@H]2c3ccccc3C(=O)N2CCCO)c1. The number of fused-ring (bicyclic) bond motifs is 2. The molecule has 6 nitrogen and oxygen atoms in total. The van der Waals surface area contributed by atoms with E-state index in [9.17, 15) is 9.90 Å². The van der Waals surface area contributed by atoms with Gasteiger partial charge in [-0.2, -0.15) is 0 Å². The van der Waals surface area contributed by atoms with Crippen molar-refractivity contribution in [1.82, 2.24) is 9.88 Å². The highest BCUT2D eigenvalue weighted by Crippen LogP contribution is 2.47. The first kappa shape index (κ1) is 21.1. The summed E-state index contributed by atoms with van der Waals surface area (Å²) in [5, 5.41) is 10.5. The van der Waals surface area contributed by atoms with E-state index in [1.807, 2.05) is 65.6 Å². The summed E-state index contributed by atoms with van der Waals surface area (Å²) >= 11 is 0. The molecule has 0 radical (unpaired) electrons. The number of H-pyrrole nitrogens is 1. The molecule has 0 bridgehead atoms. The van der Waals surface area contributed by atoms with Crippen molar-refractivity contribution in [2.24, 2.45) is 0 Å². The van der Waals surface area contributed by atoms with Gasteiger partial charge >= 0.3 is 0 Å². The van der Waals surface area contributed by atoms with Gasteiger partial charge in [-0.25, -0.2) is 0 Å². The fraction of sp³-hybridized carbons (Fsp3) is 0.222. The molecular formula is C27H26N2O4. The van der Waals surface area contributed by atoms with Crippen LogP contribution in [-0.4, -0.2) is 48.3 Å². The summed E-state index contributed by atoms with van der Waals surface area (Å²) < 4.78 is 11.2. The molecule has 0 saturated carbocycles. The van der Waals surface area contributed by atoms with Crippen molar-refractivity contribution >= 4 is 16.8 Å². The van der Waals surface area contributed by atoms with Gasteiger partial charge in [-0.3, -0.25) is 4.79 Å². The van der Waals surface area contributed by atoms with E-state index in [-0.39, 0.29) is 18.6 Å². The van der Waals surface area contributed by atoms with Crippen LogP contribution in [0.3, 0.4) is 0 Å². The van der Waals surface area contributed by atoms with Crippen molar-refractivity contribution in [1.29, 1.82) is 0 Å². The van der Waals surface area contributed by atoms with Gasteiger partial charge in [0.25, 0.3) is 5.91 Å². The summed E-state index contributed by atoms with van der Waals surface area (Å²) in [5.74, 6) is 1.41. The number of ether oxygens (including phenoxy) is 2. The number of carbonyl (C=O) groups excluding carboxylic acids is 1. The predicted molar refractivity (Wildman–Crippen MR) is 128 cm³/mol. The maximum absolute atomic E-state index is 13.4. The normalized spacial score (nSPS) is 15.2. The summed E-state index contributed by atoms with van der Waals surface area (Å²) in [5.41, 5.74) is 5.40. The Morgan fingerprint density at radius 3 is 2.55 bits per heavy atom. The van der Waals surface area contributed by atoms with Crippen LogP contribution in [0, 0.1) is 0 Å². The molecule has 1 aliphatic heterocycles. The van der Waals surface area contributed by atoms with Crippen molar-refractivity contribution < 1.29 is 19.4 Å². The van der Waals surface area contributed by atoms with Crippen LogP contribution in [0.5, 0.6) is 11.5 Å². The van der Waals surface area contributed by atoms with Crippen molar-refractivity contribution in [2.75, 3.05) is 27.4 Å². The van der Waals surface area contributed by atoms with Gasteiger partial charge in [-0.1, -0.05) is 36.4 Å². The molecule has 1 amide bonds. The molecular weight excluding hydrogens is 416 g/mol. The van der Waals surface area contributed by atoms with Gasteiger partial charge in [0.05, 0.1) is 26.0 Å². The Bertz CT molecular complexity index is 1330. The summed E-state index contributed by atoms with van der Waals surface area (Å²) in [6.07, 6.45) is 0.510. The predicted octanol–water partition coefficient (Wildman–Crippen LogP) is 4.78. The van der Waals surface area contributed by atoms with E-state index in [0.717, 1.165) is 39.0 Å². The number of benzene rings is 3. The highest BCUT2D eigenvalue weighted by molar-refractivity contribution is 6.02. The first-order chi connectivity index (χ1) is 16.2. The number of aliphatic hydroxyl groups excluding tert-OH is 1. The molecule has 0 fully saturated rings. The van der Waals surface area contributed by atoms with Crippen LogP contribution in [0.1, 0.15) is 33.9 Å². The number of hydrogen-bond acceptors (Lipinski definition) is 4. The average Bonchev–Trinajstić information content (AvgIpc) is 3.37. The van der Waals surface area contributed by atoms with E-state index in [1.165, 1.54) is 0 Å². The molecule has 0 aliphatic carbocycles. The molecule has 0 spiro atoms. The fourth-order valence-corrected chi connectivity index (χ4v) is 4.82. The number of amides is 1. The van der Waals surface area contributed by atoms with E-state index in [2.05, 4.69) is 11.1 Å². The van der Waals surface area contributed by atoms with Gasteiger partial charge in [0.2, 0.25) is 0 Å². The number of aliphatic hydroxyl groups is 1. The van der Waals surface area contributed by atoms with E-state index in [0.29, 0.717) is 24.3 Å². The minimum Gasteiger partial charge on any atom is -0.497 e. The minimum absolute atomic E-state index is 0.0158. The van der Waals surface area contributed by atoms with Crippen LogP contribution in [0.25, 0.3) is 22.2 Å². The molecule has 33 heavy (non-hydrogen) atoms. The smallest absolute Gasteiger partial charge is 0.255 e. The number of para-hydroxylation sites is 1. The summed E-state index contributed by atoms with van der Waals surface area (Å²) in [4.78, 5) is 18.9. The Balaban J connectivity index is 1.81. The lowest BCUT2D eigenvalue weighted by atomic mass is 9.92. The molecule has 4 aromatic rings. The lowest BCUT2D eigenvalue weighted by Crippen LogP contribution is -2.30. The van der Waals surface area contributed by atoms with Crippen LogP contribution in [0.15, 0.2) is 66.7 Å². The lowest BCUT2D eigenvalue weighted by molar-refractivity contribution is 0.0739. The van der Waals surface area contributed by atoms with Gasteiger partial charge in [0.1, 0.15) is 11.5 Å². The number of hydrogen-bond donors (Lipinski definition) is 2. The third-order valence-corrected chi connectivity index (χ3v) is 6.31. The van der Waals surface area contributed by atoms with E-state index in [4.69, 9.17) is 9.47 Å². The van der Waals surface area contributed by atoms with Crippen LogP contribution in [0.2, 0.25) is 0 Å². The molecule has 1 atom stereocenters. The Kier molecular flexibility index (Phi) is 5.52. The number of aromatic amines is 1. The number of nitrogens with one attached hydrogen (secondary N) is 1. The van der Waals surface area contributed by atoms with E-state index in [1.54, 1.807) is 14.2 Å². The van der Waals surface area contributed by atoms with Crippen molar-refractivity contribution in [3.05, 3.63) is 83.4 Å². The molecule has 2 heterocycles. The third kappa shape index (κ3) is 3.43. The average molecular weight is 443 g/mol.